The molecule has 0 aliphatic carbocycles. The van der Waals surface area contributed by atoms with E-state index in [-0.39, 0.29) is 0 Å². The van der Waals surface area contributed by atoms with Crippen molar-refractivity contribution >= 4 is 11.5 Å². The van der Waals surface area contributed by atoms with Crippen molar-refractivity contribution in [3.8, 4) is 0 Å². The van der Waals surface area contributed by atoms with Crippen LogP contribution in [0, 0.1) is 5.92 Å². The number of hydrazine groups is 1. The summed E-state index contributed by atoms with van der Waals surface area (Å²) in [4.78, 5) is 11.0. The highest BCUT2D eigenvalue weighted by Crippen LogP contribution is 2.30. The van der Waals surface area contributed by atoms with Gasteiger partial charge in [-0.25, -0.2) is 10.8 Å². The molecule has 0 amide bonds. The standard InChI is InChI=1S/C15H19N5/c1-11-6-12-4-2-3-5-14(12)20(9-11)10-13-7-18-15(19-16)8-17-13/h2-5,7-8,11H,6,9-10,16H2,1H3,(H,18,19). The van der Waals surface area contributed by atoms with Gasteiger partial charge in [0.15, 0.2) is 5.82 Å². The predicted molar refractivity (Wildman–Crippen MR) is 80.2 cm³/mol. The van der Waals surface area contributed by atoms with Gasteiger partial charge in [0.25, 0.3) is 0 Å². The van der Waals surface area contributed by atoms with Crippen molar-refractivity contribution in [3.63, 3.8) is 0 Å². The smallest absolute Gasteiger partial charge is 0.158 e. The maximum absolute atomic E-state index is 5.30. The van der Waals surface area contributed by atoms with Crippen molar-refractivity contribution in [3.05, 3.63) is 47.9 Å². The Bertz CT molecular complexity index is 581. The maximum Gasteiger partial charge on any atom is 0.158 e. The van der Waals surface area contributed by atoms with Crippen LogP contribution in [0.4, 0.5) is 11.5 Å². The molecule has 0 bridgehead atoms. The first-order valence-electron chi connectivity index (χ1n) is 6.86. The summed E-state index contributed by atoms with van der Waals surface area (Å²) < 4.78 is 0. The van der Waals surface area contributed by atoms with Crippen molar-refractivity contribution in [2.24, 2.45) is 11.8 Å². The molecule has 104 valence electrons. The molecule has 2 aromatic rings. The quantitative estimate of drug-likeness (QED) is 0.658. The lowest BCUT2D eigenvalue weighted by atomic mass is 9.94. The molecule has 20 heavy (non-hydrogen) atoms. The zero-order valence-corrected chi connectivity index (χ0v) is 11.6. The highest BCUT2D eigenvalue weighted by molar-refractivity contribution is 5.55. The molecule has 1 aliphatic rings. The van der Waals surface area contributed by atoms with Gasteiger partial charge in [0.05, 0.1) is 24.6 Å². The van der Waals surface area contributed by atoms with Crippen LogP contribution in [0.3, 0.4) is 0 Å². The SMILES string of the molecule is CC1Cc2ccccc2N(Cc2cnc(NN)cn2)C1. The van der Waals surface area contributed by atoms with E-state index in [1.807, 2.05) is 0 Å². The highest BCUT2D eigenvalue weighted by atomic mass is 15.3. The number of rotatable bonds is 3. The molecule has 5 nitrogen and oxygen atoms in total. The van der Waals surface area contributed by atoms with Crippen LogP contribution in [0.15, 0.2) is 36.7 Å². The van der Waals surface area contributed by atoms with Crippen molar-refractivity contribution in [1.29, 1.82) is 0 Å². The molecule has 0 saturated heterocycles. The molecular formula is C15H19N5. The molecule has 0 saturated carbocycles. The van der Waals surface area contributed by atoms with Gasteiger partial charge >= 0.3 is 0 Å². The van der Waals surface area contributed by atoms with Gasteiger partial charge in [-0.3, -0.25) is 4.98 Å². The van der Waals surface area contributed by atoms with E-state index in [0.717, 1.165) is 25.2 Å². The minimum atomic E-state index is 0.584. The first kappa shape index (κ1) is 12.9. The fourth-order valence-electron chi connectivity index (χ4n) is 2.76. The molecule has 1 aliphatic heterocycles. The molecule has 1 atom stereocenters. The van der Waals surface area contributed by atoms with Crippen LogP contribution in [-0.4, -0.2) is 16.5 Å². The van der Waals surface area contributed by atoms with Crippen molar-refractivity contribution in [1.82, 2.24) is 9.97 Å². The topological polar surface area (TPSA) is 67.1 Å². The van der Waals surface area contributed by atoms with E-state index in [4.69, 9.17) is 5.84 Å². The van der Waals surface area contributed by atoms with E-state index >= 15 is 0 Å². The van der Waals surface area contributed by atoms with Gasteiger partial charge in [0, 0.05) is 12.2 Å². The van der Waals surface area contributed by atoms with Crippen LogP contribution in [0.2, 0.25) is 0 Å². The number of para-hydroxylation sites is 1. The third-order valence-corrected chi connectivity index (χ3v) is 3.64. The normalized spacial score (nSPS) is 17.7. The second kappa shape index (κ2) is 5.46. The Morgan fingerprint density at radius 1 is 1.30 bits per heavy atom. The zero-order chi connectivity index (χ0) is 13.9. The summed E-state index contributed by atoms with van der Waals surface area (Å²) in [6.45, 7) is 4.12. The van der Waals surface area contributed by atoms with Gasteiger partial charge in [-0.1, -0.05) is 25.1 Å². The first-order valence-corrected chi connectivity index (χ1v) is 6.86. The number of fused-ring (bicyclic) bond motifs is 1. The van der Waals surface area contributed by atoms with E-state index in [0.29, 0.717) is 11.7 Å². The molecule has 0 fully saturated rings. The number of anilines is 2. The van der Waals surface area contributed by atoms with E-state index in [1.165, 1.54) is 11.3 Å². The lowest BCUT2D eigenvalue weighted by Crippen LogP contribution is -2.34. The Hall–Kier alpha value is -2.14. The molecule has 5 heteroatoms. The minimum absolute atomic E-state index is 0.584. The predicted octanol–water partition coefficient (Wildman–Crippen LogP) is 1.96. The third-order valence-electron chi connectivity index (χ3n) is 3.64. The third kappa shape index (κ3) is 2.58. The molecule has 0 radical (unpaired) electrons. The van der Waals surface area contributed by atoms with Gasteiger partial charge in [-0.05, 0) is 24.0 Å². The first-order chi connectivity index (χ1) is 9.76. The fraction of sp³-hybridized carbons (Fsp3) is 0.333. The van der Waals surface area contributed by atoms with Crippen LogP contribution >= 0.6 is 0 Å². The maximum atomic E-state index is 5.30. The summed E-state index contributed by atoms with van der Waals surface area (Å²) >= 11 is 0. The Balaban J connectivity index is 1.83. The number of nitrogens with two attached hydrogens (primary N) is 1. The molecule has 1 aromatic carbocycles. The molecule has 3 rings (SSSR count). The van der Waals surface area contributed by atoms with Crippen molar-refractivity contribution < 1.29 is 0 Å². The summed E-state index contributed by atoms with van der Waals surface area (Å²) in [5, 5.41) is 0. The number of aromatic nitrogens is 2. The van der Waals surface area contributed by atoms with E-state index in [1.54, 1.807) is 12.4 Å². The number of nitrogens with zero attached hydrogens (tertiary/aromatic N) is 3. The fourth-order valence-corrected chi connectivity index (χ4v) is 2.76. The molecule has 2 heterocycles. The van der Waals surface area contributed by atoms with Gasteiger partial charge in [-0.15, -0.1) is 0 Å². The van der Waals surface area contributed by atoms with Crippen LogP contribution in [0.25, 0.3) is 0 Å². The minimum Gasteiger partial charge on any atom is -0.365 e. The average Bonchev–Trinajstić information content (AvgIpc) is 2.48. The number of nitrogen functional groups attached to an aromatic ring is 1. The second-order valence-corrected chi connectivity index (χ2v) is 5.36. The van der Waals surface area contributed by atoms with Crippen molar-refractivity contribution in [2.75, 3.05) is 16.9 Å². The Morgan fingerprint density at radius 2 is 2.15 bits per heavy atom. The number of hydrogen-bond acceptors (Lipinski definition) is 5. The monoisotopic (exact) mass is 269 g/mol. The summed E-state index contributed by atoms with van der Waals surface area (Å²) in [7, 11) is 0. The Kier molecular flexibility index (Phi) is 3.52. The van der Waals surface area contributed by atoms with E-state index < -0.39 is 0 Å². The van der Waals surface area contributed by atoms with Crippen LogP contribution in [-0.2, 0) is 13.0 Å². The van der Waals surface area contributed by atoms with Crippen LogP contribution in [0.5, 0.6) is 0 Å². The Labute approximate surface area is 118 Å². The van der Waals surface area contributed by atoms with E-state index in [2.05, 4.69) is 51.5 Å². The lowest BCUT2D eigenvalue weighted by Gasteiger charge is -2.34. The van der Waals surface area contributed by atoms with Gasteiger partial charge < -0.3 is 10.3 Å². The lowest BCUT2D eigenvalue weighted by molar-refractivity contribution is 0.528. The van der Waals surface area contributed by atoms with Crippen LogP contribution < -0.4 is 16.2 Å². The summed E-state index contributed by atoms with van der Waals surface area (Å²) in [5.41, 5.74) is 6.17. The number of nitrogens with one attached hydrogen (secondary N) is 1. The zero-order valence-electron chi connectivity index (χ0n) is 11.6. The summed E-state index contributed by atoms with van der Waals surface area (Å²) in [5.74, 6) is 6.54. The summed E-state index contributed by atoms with van der Waals surface area (Å²) in [6.07, 6.45) is 4.58. The molecule has 0 spiro atoms. The van der Waals surface area contributed by atoms with E-state index in [9.17, 15) is 0 Å². The van der Waals surface area contributed by atoms with Gasteiger partial charge in [-0.2, -0.15) is 0 Å². The van der Waals surface area contributed by atoms with Gasteiger partial charge in [0.2, 0.25) is 0 Å². The Morgan fingerprint density at radius 3 is 2.90 bits per heavy atom. The summed E-state index contributed by atoms with van der Waals surface area (Å²) in [6, 6.07) is 8.60. The second-order valence-electron chi connectivity index (χ2n) is 5.36. The molecule has 1 unspecified atom stereocenters. The van der Waals surface area contributed by atoms with Crippen molar-refractivity contribution in [2.45, 2.75) is 19.9 Å². The number of hydrogen-bond donors (Lipinski definition) is 2. The highest BCUT2D eigenvalue weighted by Gasteiger charge is 2.21. The van der Waals surface area contributed by atoms with Crippen LogP contribution in [0.1, 0.15) is 18.2 Å². The number of benzene rings is 1. The molecule has 3 N–H and O–H groups in total. The molecular weight excluding hydrogens is 250 g/mol. The largest absolute Gasteiger partial charge is 0.365 e. The van der Waals surface area contributed by atoms with Gasteiger partial charge in [0.1, 0.15) is 0 Å². The molecule has 1 aromatic heterocycles. The average molecular weight is 269 g/mol.